The van der Waals surface area contributed by atoms with Crippen molar-refractivity contribution in [3.8, 4) is 11.5 Å². The number of hydrogen-bond donors (Lipinski definition) is 1. The fourth-order valence-electron chi connectivity index (χ4n) is 1.37. The van der Waals surface area contributed by atoms with E-state index in [2.05, 4.69) is 0 Å². The maximum atomic E-state index is 13.1. The Morgan fingerprint density at radius 3 is 2.38 bits per heavy atom. The van der Waals surface area contributed by atoms with Crippen molar-refractivity contribution >= 4 is 5.97 Å². The Labute approximate surface area is 92.6 Å². The van der Waals surface area contributed by atoms with E-state index in [0.29, 0.717) is 0 Å². The maximum absolute atomic E-state index is 13.1. The summed E-state index contributed by atoms with van der Waals surface area (Å²) >= 11 is 0. The monoisotopic (exact) mass is 228 g/mol. The van der Waals surface area contributed by atoms with Gasteiger partial charge in [-0.3, -0.25) is 0 Å². The normalized spacial score (nSPS) is 12.0. The van der Waals surface area contributed by atoms with Gasteiger partial charge >= 0.3 is 5.97 Å². The smallest absolute Gasteiger partial charge is 0.339 e. The lowest BCUT2D eigenvalue weighted by molar-refractivity contribution is 0.0692. The highest BCUT2D eigenvalue weighted by atomic mass is 19.1. The average Bonchev–Trinajstić information content (AvgIpc) is 2.26. The van der Waals surface area contributed by atoms with Crippen LogP contribution in [-0.2, 0) is 0 Å². The van der Waals surface area contributed by atoms with E-state index in [4.69, 9.17) is 14.6 Å². The highest BCUT2D eigenvalue weighted by Gasteiger charge is 2.19. The summed E-state index contributed by atoms with van der Waals surface area (Å²) in [7, 11) is 2.71. The molecule has 5 heteroatoms. The Bertz CT molecular complexity index is 401. The fourth-order valence-corrected chi connectivity index (χ4v) is 1.37. The summed E-state index contributed by atoms with van der Waals surface area (Å²) in [5, 5.41) is 8.96. The summed E-state index contributed by atoms with van der Waals surface area (Å²) in [4.78, 5) is 11.0. The number of methoxy groups -OCH3 is 2. The molecule has 1 N–H and O–H groups in total. The van der Waals surface area contributed by atoms with Gasteiger partial charge in [-0.05, 0) is 24.6 Å². The first-order chi connectivity index (χ1) is 7.51. The Kier molecular flexibility index (Phi) is 3.71. The van der Waals surface area contributed by atoms with Gasteiger partial charge in [-0.2, -0.15) is 0 Å². The SMILES string of the molecule is COc1cc(C(C)F)cc(C(=O)O)c1OC. The number of carboxylic acid groups (broad SMARTS) is 1. The minimum atomic E-state index is -1.27. The summed E-state index contributed by atoms with van der Waals surface area (Å²) in [5.41, 5.74) is 0.136. The first-order valence-corrected chi connectivity index (χ1v) is 4.64. The second-order valence-electron chi connectivity index (χ2n) is 3.23. The molecule has 1 aromatic carbocycles. The summed E-state index contributed by atoms with van der Waals surface area (Å²) in [6, 6.07) is 2.67. The van der Waals surface area contributed by atoms with E-state index >= 15 is 0 Å². The number of carbonyl (C=O) groups is 1. The molecule has 0 heterocycles. The molecule has 1 rings (SSSR count). The van der Waals surface area contributed by atoms with Crippen LogP contribution in [0.5, 0.6) is 11.5 Å². The zero-order chi connectivity index (χ0) is 12.3. The molecule has 0 aliphatic rings. The molecule has 0 aromatic heterocycles. The molecule has 0 amide bonds. The maximum Gasteiger partial charge on any atom is 0.339 e. The molecule has 0 aliphatic carbocycles. The number of benzene rings is 1. The zero-order valence-electron chi connectivity index (χ0n) is 9.28. The van der Waals surface area contributed by atoms with Gasteiger partial charge in [0.25, 0.3) is 0 Å². The standard InChI is InChI=1S/C11H13FO4/c1-6(12)7-4-8(11(13)14)10(16-3)9(5-7)15-2/h4-6H,1-3H3,(H,13,14). The van der Waals surface area contributed by atoms with Crippen LogP contribution in [0.15, 0.2) is 12.1 Å². The highest BCUT2D eigenvalue weighted by Crippen LogP contribution is 2.35. The molecule has 0 saturated heterocycles. The van der Waals surface area contributed by atoms with Crippen molar-refractivity contribution in [1.29, 1.82) is 0 Å². The van der Waals surface area contributed by atoms with Gasteiger partial charge in [0.2, 0.25) is 0 Å². The Balaban J connectivity index is 3.43. The summed E-state index contributed by atoms with van der Waals surface area (Å²) < 4.78 is 23.0. The highest BCUT2D eigenvalue weighted by molar-refractivity contribution is 5.92. The van der Waals surface area contributed by atoms with Gasteiger partial charge in [0.1, 0.15) is 11.7 Å². The Morgan fingerprint density at radius 1 is 1.38 bits per heavy atom. The molecule has 1 aromatic rings. The van der Waals surface area contributed by atoms with Crippen molar-refractivity contribution in [3.05, 3.63) is 23.3 Å². The van der Waals surface area contributed by atoms with Crippen molar-refractivity contribution in [2.75, 3.05) is 14.2 Å². The van der Waals surface area contributed by atoms with E-state index in [1.54, 1.807) is 0 Å². The first kappa shape index (κ1) is 12.3. The van der Waals surface area contributed by atoms with Crippen LogP contribution in [0, 0.1) is 0 Å². The van der Waals surface area contributed by atoms with Crippen molar-refractivity contribution in [1.82, 2.24) is 0 Å². The summed E-state index contributed by atoms with van der Waals surface area (Å²) in [6.07, 6.45) is -1.27. The van der Waals surface area contributed by atoms with Crippen LogP contribution in [0.4, 0.5) is 4.39 Å². The molecule has 0 spiro atoms. The van der Waals surface area contributed by atoms with Crippen molar-refractivity contribution in [2.45, 2.75) is 13.1 Å². The van der Waals surface area contributed by atoms with Gasteiger partial charge in [-0.15, -0.1) is 0 Å². The number of rotatable bonds is 4. The first-order valence-electron chi connectivity index (χ1n) is 4.64. The number of ether oxygens (including phenoxy) is 2. The second-order valence-corrected chi connectivity index (χ2v) is 3.23. The third kappa shape index (κ3) is 2.24. The van der Waals surface area contributed by atoms with Crippen LogP contribution in [0.2, 0.25) is 0 Å². The Hall–Kier alpha value is -1.78. The van der Waals surface area contributed by atoms with Crippen LogP contribution in [-0.4, -0.2) is 25.3 Å². The fraction of sp³-hybridized carbons (Fsp3) is 0.364. The van der Waals surface area contributed by atoms with E-state index in [1.807, 2.05) is 0 Å². The summed E-state index contributed by atoms with van der Waals surface area (Å²) in [6.45, 7) is 1.33. The molecule has 16 heavy (non-hydrogen) atoms. The Morgan fingerprint density at radius 2 is 2.00 bits per heavy atom. The zero-order valence-corrected chi connectivity index (χ0v) is 9.28. The molecule has 88 valence electrons. The van der Waals surface area contributed by atoms with Crippen LogP contribution in [0.25, 0.3) is 0 Å². The summed E-state index contributed by atoms with van der Waals surface area (Å²) in [5.74, 6) is -0.876. The molecule has 0 radical (unpaired) electrons. The van der Waals surface area contributed by atoms with E-state index in [-0.39, 0.29) is 22.6 Å². The number of halogens is 1. The van der Waals surface area contributed by atoms with Crippen molar-refractivity contribution in [3.63, 3.8) is 0 Å². The largest absolute Gasteiger partial charge is 0.493 e. The number of alkyl halides is 1. The lowest BCUT2D eigenvalue weighted by Gasteiger charge is -2.13. The minimum Gasteiger partial charge on any atom is -0.493 e. The van der Waals surface area contributed by atoms with Crippen molar-refractivity contribution in [2.24, 2.45) is 0 Å². The van der Waals surface area contributed by atoms with Crippen LogP contribution in [0.1, 0.15) is 29.0 Å². The number of hydrogen-bond acceptors (Lipinski definition) is 3. The lowest BCUT2D eigenvalue weighted by Crippen LogP contribution is -2.04. The molecule has 0 saturated carbocycles. The molecule has 1 atom stereocenters. The number of aromatic carboxylic acids is 1. The van der Waals surface area contributed by atoms with Gasteiger partial charge in [-0.25, -0.2) is 9.18 Å². The van der Waals surface area contributed by atoms with Crippen LogP contribution < -0.4 is 9.47 Å². The molecular weight excluding hydrogens is 215 g/mol. The van der Waals surface area contributed by atoms with Crippen LogP contribution >= 0.6 is 0 Å². The van der Waals surface area contributed by atoms with Gasteiger partial charge in [-0.1, -0.05) is 0 Å². The van der Waals surface area contributed by atoms with Gasteiger partial charge in [0, 0.05) is 0 Å². The third-order valence-corrected chi connectivity index (χ3v) is 2.19. The van der Waals surface area contributed by atoms with E-state index in [1.165, 1.54) is 33.3 Å². The lowest BCUT2D eigenvalue weighted by atomic mass is 10.1. The van der Waals surface area contributed by atoms with E-state index < -0.39 is 12.1 Å². The molecule has 4 nitrogen and oxygen atoms in total. The van der Waals surface area contributed by atoms with Crippen molar-refractivity contribution < 1.29 is 23.8 Å². The average molecular weight is 228 g/mol. The molecular formula is C11H13FO4. The predicted molar refractivity (Wildman–Crippen MR) is 56.0 cm³/mol. The predicted octanol–water partition coefficient (Wildman–Crippen LogP) is 2.43. The van der Waals surface area contributed by atoms with Crippen LogP contribution in [0.3, 0.4) is 0 Å². The van der Waals surface area contributed by atoms with E-state index in [0.717, 1.165) is 0 Å². The van der Waals surface area contributed by atoms with Gasteiger partial charge in [0.15, 0.2) is 11.5 Å². The molecule has 0 bridgehead atoms. The minimum absolute atomic E-state index is 0.0967. The van der Waals surface area contributed by atoms with Gasteiger partial charge in [0.05, 0.1) is 14.2 Å². The quantitative estimate of drug-likeness (QED) is 0.859. The second kappa shape index (κ2) is 4.83. The molecule has 0 fully saturated rings. The molecule has 1 unspecified atom stereocenters. The third-order valence-electron chi connectivity index (χ3n) is 2.19. The van der Waals surface area contributed by atoms with E-state index in [9.17, 15) is 9.18 Å². The number of carboxylic acids is 1. The topological polar surface area (TPSA) is 55.8 Å². The molecule has 0 aliphatic heterocycles. The van der Waals surface area contributed by atoms with Gasteiger partial charge < -0.3 is 14.6 Å².